The van der Waals surface area contributed by atoms with E-state index < -0.39 is 0 Å². The average molecular weight is 361 g/mol. The maximum atomic E-state index is 12.0. The van der Waals surface area contributed by atoms with Gasteiger partial charge in [-0.25, -0.2) is 4.98 Å². The lowest BCUT2D eigenvalue weighted by molar-refractivity contribution is -0.124. The minimum absolute atomic E-state index is 0.0472. The predicted octanol–water partition coefficient (Wildman–Crippen LogP) is 4.12. The minimum atomic E-state index is -0.0497. The molecule has 1 fully saturated rings. The Hall–Kier alpha value is -2.95. The van der Waals surface area contributed by atoms with Gasteiger partial charge in [0.25, 0.3) is 5.91 Å². The second kappa shape index (κ2) is 8.16. The molecule has 4 rings (SSSR count). The number of hydrogen-bond donors (Lipinski definition) is 1. The van der Waals surface area contributed by atoms with E-state index in [4.69, 9.17) is 4.74 Å². The van der Waals surface area contributed by atoms with E-state index in [9.17, 15) is 4.79 Å². The van der Waals surface area contributed by atoms with Crippen molar-refractivity contribution in [3.8, 4) is 17.0 Å². The highest BCUT2D eigenvalue weighted by molar-refractivity contribution is 5.78. The smallest absolute Gasteiger partial charge is 0.258 e. The molecule has 138 valence electrons. The van der Waals surface area contributed by atoms with Crippen molar-refractivity contribution in [2.45, 2.75) is 38.1 Å². The summed E-state index contributed by atoms with van der Waals surface area (Å²) in [5, 5.41) is 3.06. The molecule has 0 radical (unpaired) electrons. The molecule has 0 spiro atoms. The summed E-state index contributed by atoms with van der Waals surface area (Å²) in [6.07, 6.45) is 7.60. The van der Waals surface area contributed by atoms with E-state index in [2.05, 4.69) is 15.3 Å². The molecule has 0 aliphatic heterocycles. The van der Waals surface area contributed by atoms with Crippen LogP contribution < -0.4 is 10.1 Å². The number of benzene rings is 2. The summed E-state index contributed by atoms with van der Waals surface area (Å²) in [5.41, 5.74) is 3.53. The number of ether oxygens (including phenoxy) is 1. The molecular formula is C22H23N3O2. The van der Waals surface area contributed by atoms with Crippen LogP contribution in [0.2, 0.25) is 0 Å². The SMILES string of the molecule is O=C(COc1ccc(-c2cnc3ccccc3n2)cc1)NC1CCCCC1. The molecule has 0 atom stereocenters. The molecule has 3 aromatic rings. The molecule has 5 heteroatoms. The van der Waals surface area contributed by atoms with Gasteiger partial charge in [-0.3, -0.25) is 9.78 Å². The van der Waals surface area contributed by atoms with Gasteiger partial charge in [0.15, 0.2) is 6.61 Å². The summed E-state index contributed by atoms with van der Waals surface area (Å²) in [4.78, 5) is 21.1. The van der Waals surface area contributed by atoms with Gasteiger partial charge in [-0.05, 0) is 49.2 Å². The number of nitrogens with zero attached hydrogens (tertiary/aromatic N) is 2. The molecule has 1 amide bonds. The fourth-order valence-electron chi connectivity index (χ4n) is 3.48. The quantitative estimate of drug-likeness (QED) is 0.742. The number of fused-ring (bicyclic) bond motifs is 1. The van der Waals surface area contributed by atoms with Crippen molar-refractivity contribution >= 4 is 16.9 Å². The van der Waals surface area contributed by atoms with Crippen molar-refractivity contribution < 1.29 is 9.53 Å². The van der Waals surface area contributed by atoms with Crippen LogP contribution in [0.3, 0.4) is 0 Å². The predicted molar refractivity (Wildman–Crippen MR) is 105 cm³/mol. The van der Waals surface area contributed by atoms with Crippen LogP contribution in [-0.2, 0) is 4.79 Å². The summed E-state index contributed by atoms with van der Waals surface area (Å²) in [5.74, 6) is 0.623. The molecule has 0 bridgehead atoms. The van der Waals surface area contributed by atoms with Gasteiger partial charge < -0.3 is 10.1 Å². The number of carbonyl (C=O) groups is 1. The minimum Gasteiger partial charge on any atom is -0.484 e. The number of rotatable bonds is 5. The number of amides is 1. The first kappa shape index (κ1) is 17.5. The Bertz CT molecular complexity index is 918. The van der Waals surface area contributed by atoms with Gasteiger partial charge in [0.05, 0.1) is 22.9 Å². The van der Waals surface area contributed by atoms with Crippen molar-refractivity contribution in [3.05, 3.63) is 54.7 Å². The van der Waals surface area contributed by atoms with Gasteiger partial charge in [-0.15, -0.1) is 0 Å². The zero-order valence-corrected chi connectivity index (χ0v) is 15.2. The molecular weight excluding hydrogens is 338 g/mol. The molecule has 1 N–H and O–H groups in total. The molecule has 5 nitrogen and oxygen atoms in total. The molecule has 1 aliphatic rings. The van der Waals surface area contributed by atoms with Crippen LogP contribution in [-0.4, -0.2) is 28.5 Å². The van der Waals surface area contributed by atoms with Crippen LogP contribution >= 0.6 is 0 Å². The Balaban J connectivity index is 1.36. The summed E-state index contributed by atoms with van der Waals surface area (Å²) in [6.45, 7) is 0.0472. The molecule has 1 aromatic heterocycles. The van der Waals surface area contributed by atoms with Crippen molar-refractivity contribution in [3.63, 3.8) is 0 Å². The number of nitrogens with one attached hydrogen (secondary N) is 1. The Morgan fingerprint density at radius 2 is 1.74 bits per heavy atom. The standard InChI is InChI=1S/C22H23N3O2/c26-22(24-17-6-2-1-3-7-17)15-27-18-12-10-16(11-13-18)21-14-23-19-8-4-5-9-20(19)25-21/h4-5,8-14,17H,1-3,6-7,15H2,(H,24,26). The molecule has 1 aliphatic carbocycles. The van der Waals surface area contributed by atoms with Crippen molar-refractivity contribution in [2.24, 2.45) is 0 Å². The molecule has 0 saturated heterocycles. The fourth-order valence-corrected chi connectivity index (χ4v) is 3.48. The van der Waals surface area contributed by atoms with E-state index >= 15 is 0 Å². The van der Waals surface area contributed by atoms with Crippen molar-refractivity contribution in [1.82, 2.24) is 15.3 Å². The molecule has 1 heterocycles. The van der Waals surface area contributed by atoms with Crippen LogP contribution in [0.25, 0.3) is 22.3 Å². The van der Waals surface area contributed by atoms with Crippen molar-refractivity contribution in [2.75, 3.05) is 6.61 Å². The van der Waals surface area contributed by atoms with Crippen LogP contribution in [0, 0.1) is 0 Å². The molecule has 1 saturated carbocycles. The largest absolute Gasteiger partial charge is 0.484 e. The van der Waals surface area contributed by atoms with Gasteiger partial charge >= 0.3 is 0 Å². The highest BCUT2D eigenvalue weighted by atomic mass is 16.5. The molecule has 27 heavy (non-hydrogen) atoms. The summed E-state index contributed by atoms with van der Waals surface area (Å²) in [7, 11) is 0. The van der Waals surface area contributed by atoms with E-state index in [1.54, 1.807) is 6.20 Å². The van der Waals surface area contributed by atoms with E-state index in [0.717, 1.165) is 35.1 Å². The Morgan fingerprint density at radius 1 is 1.00 bits per heavy atom. The fraction of sp³-hybridized carbons (Fsp3) is 0.318. The lowest BCUT2D eigenvalue weighted by Crippen LogP contribution is -2.38. The lowest BCUT2D eigenvalue weighted by Gasteiger charge is -2.22. The third-order valence-electron chi connectivity index (χ3n) is 4.94. The van der Waals surface area contributed by atoms with Gasteiger partial charge in [-0.2, -0.15) is 0 Å². The van der Waals surface area contributed by atoms with Crippen LogP contribution in [0.5, 0.6) is 5.75 Å². The van der Waals surface area contributed by atoms with Gasteiger partial charge in [-0.1, -0.05) is 31.4 Å². The Morgan fingerprint density at radius 3 is 2.52 bits per heavy atom. The van der Waals surface area contributed by atoms with E-state index in [1.165, 1.54) is 19.3 Å². The first-order chi connectivity index (χ1) is 13.3. The highest BCUT2D eigenvalue weighted by Gasteiger charge is 2.15. The summed E-state index contributed by atoms with van der Waals surface area (Å²) >= 11 is 0. The normalized spacial score (nSPS) is 14.8. The van der Waals surface area contributed by atoms with Gasteiger partial charge in [0, 0.05) is 11.6 Å². The molecule has 0 unspecified atom stereocenters. The average Bonchev–Trinajstić information content (AvgIpc) is 2.73. The van der Waals surface area contributed by atoms with Crippen LogP contribution in [0.15, 0.2) is 54.7 Å². The van der Waals surface area contributed by atoms with Crippen LogP contribution in [0.4, 0.5) is 0 Å². The number of carbonyl (C=O) groups excluding carboxylic acids is 1. The summed E-state index contributed by atoms with van der Waals surface area (Å²) in [6, 6.07) is 15.7. The van der Waals surface area contributed by atoms with E-state index in [1.807, 2.05) is 48.5 Å². The van der Waals surface area contributed by atoms with Gasteiger partial charge in [0.1, 0.15) is 5.75 Å². The zero-order chi connectivity index (χ0) is 18.5. The van der Waals surface area contributed by atoms with Crippen molar-refractivity contribution in [1.29, 1.82) is 0 Å². The monoisotopic (exact) mass is 361 g/mol. The molecule has 2 aromatic carbocycles. The van der Waals surface area contributed by atoms with Crippen LogP contribution in [0.1, 0.15) is 32.1 Å². The summed E-state index contributed by atoms with van der Waals surface area (Å²) < 4.78 is 5.62. The second-order valence-corrected chi connectivity index (χ2v) is 6.96. The first-order valence-corrected chi connectivity index (χ1v) is 9.52. The maximum Gasteiger partial charge on any atom is 0.258 e. The number of hydrogen-bond acceptors (Lipinski definition) is 4. The number of aromatic nitrogens is 2. The second-order valence-electron chi connectivity index (χ2n) is 6.96. The van der Waals surface area contributed by atoms with E-state index in [-0.39, 0.29) is 12.5 Å². The number of para-hydroxylation sites is 2. The Kier molecular flexibility index (Phi) is 5.28. The topological polar surface area (TPSA) is 64.1 Å². The Labute approximate surface area is 158 Å². The highest BCUT2D eigenvalue weighted by Crippen LogP contribution is 2.22. The maximum absolute atomic E-state index is 12.0. The zero-order valence-electron chi connectivity index (χ0n) is 15.2. The third-order valence-corrected chi connectivity index (χ3v) is 4.94. The third kappa shape index (κ3) is 4.42. The van der Waals surface area contributed by atoms with E-state index in [0.29, 0.717) is 11.8 Å². The first-order valence-electron chi connectivity index (χ1n) is 9.52. The lowest BCUT2D eigenvalue weighted by atomic mass is 9.95. The van der Waals surface area contributed by atoms with Gasteiger partial charge in [0.2, 0.25) is 0 Å².